The summed E-state index contributed by atoms with van der Waals surface area (Å²) in [6.07, 6.45) is 1.78. The van der Waals surface area contributed by atoms with E-state index in [4.69, 9.17) is 0 Å². The minimum Gasteiger partial charge on any atom is -0.453 e. The molecule has 142 valence electrons. The SMILES string of the molecule is CCC(NS(=O)(=O)c1ccccc1)c1c[nH]c2ccc(NC(=O)OC)cc12. The predicted molar refractivity (Wildman–Crippen MR) is 104 cm³/mol. The van der Waals surface area contributed by atoms with Gasteiger partial charge < -0.3 is 9.72 Å². The van der Waals surface area contributed by atoms with Crippen LogP contribution in [0.3, 0.4) is 0 Å². The summed E-state index contributed by atoms with van der Waals surface area (Å²) in [4.78, 5) is 14.8. The van der Waals surface area contributed by atoms with Crippen molar-refractivity contribution in [1.82, 2.24) is 9.71 Å². The van der Waals surface area contributed by atoms with Gasteiger partial charge in [-0.1, -0.05) is 25.1 Å². The number of carbonyl (C=O) groups is 1. The lowest BCUT2D eigenvalue weighted by atomic mass is 10.0. The quantitative estimate of drug-likeness (QED) is 0.599. The molecule has 0 bridgehead atoms. The molecule has 7 nitrogen and oxygen atoms in total. The molecular formula is C19H21N3O4S. The van der Waals surface area contributed by atoms with Crippen LogP contribution in [0.5, 0.6) is 0 Å². The molecule has 1 amide bonds. The first-order valence-electron chi connectivity index (χ1n) is 8.48. The van der Waals surface area contributed by atoms with Gasteiger partial charge in [-0.15, -0.1) is 0 Å². The molecule has 0 saturated carbocycles. The Morgan fingerprint density at radius 2 is 1.93 bits per heavy atom. The van der Waals surface area contributed by atoms with Gasteiger partial charge in [0.25, 0.3) is 0 Å². The van der Waals surface area contributed by atoms with E-state index in [-0.39, 0.29) is 4.90 Å². The Labute approximate surface area is 157 Å². The molecule has 1 atom stereocenters. The molecule has 27 heavy (non-hydrogen) atoms. The molecular weight excluding hydrogens is 366 g/mol. The summed E-state index contributed by atoms with van der Waals surface area (Å²) in [5, 5.41) is 3.44. The van der Waals surface area contributed by atoms with Gasteiger partial charge in [0, 0.05) is 28.8 Å². The fraction of sp³-hybridized carbons (Fsp3) is 0.211. The molecule has 0 fully saturated rings. The molecule has 3 aromatic rings. The smallest absolute Gasteiger partial charge is 0.411 e. The average Bonchev–Trinajstić information content (AvgIpc) is 3.10. The number of aromatic nitrogens is 1. The largest absolute Gasteiger partial charge is 0.453 e. The molecule has 3 N–H and O–H groups in total. The van der Waals surface area contributed by atoms with Crippen molar-refractivity contribution >= 4 is 32.7 Å². The zero-order valence-corrected chi connectivity index (χ0v) is 15.8. The standard InChI is InChI=1S/C19H21N3O4S/c1-3-17(22-27(24,25)14-7-5-4-6-8-14)16-12-20-18-10-9-13(11-15(16)18)21-19(23)26-2/h4-12,17,20,22H,3H2,1-2H3,(H,21,23). The second-order valence-corrected chi connectivity index (χ2v) is 7.73. The Balaban J connectivity index is 1.94. The number of carbonyl (C=O) groups excluding carboxylic acids is 1. The highest BCUT2D eigenvalue weighted by Crippen LogP contribution is 2.29. The van der Waals surface area contributed by atoms with E-state index in [1.54, 1.807) is 48.7 Å². The van der Waals surface area contributed by atoms with Crippen LogP contribution in [-0.2, 0) is 14.8 Å². The minimum absolute atomic E-state index is 0.219. The van der Waals surface area contributed by atoms with Crippen LogP contribution in [-0.4, -0.2) is 26.6 Å². The van der Waals surface area contributed by atoms with Crippen LogP contribution in [0.2, 0.25) is 0 Å². The maximum absolute atomic E-state index is 12.7. The van der Waals surface area contributed by atoms with E-state index in [2.05, 4.69) is 19.8 Å². The third-order valence-corrected chi connectivity index (χ3v) is 5.77. The predicted octanol–water partition coefficient (Wildman–Crippen LogP) is 3.78. The van der Waals surface area contributed by atoms with Crippen molar-refractivity contribution in [3.8, 4) is 0 Å². The summed E-state index contributed by atoms with van der Waals surface area (Å²) in [5.41, 5.74) is 2.22. The Hall–Kier alpha value is -2.84. The molecule has 1 aromatic heterocycles. The normalized spacial score (nSPS) is 12.7. The molecule has 0 spiro atoms. The molecule has 1 heterocycles. The number of hydrogen-bond acceptors (Lipinski definition) is 4. The van der Waals surface area contributed by atoms with Crippen molar-refractivity contribution in [2.24, 2.45) is 0 Å². The maximum atomic E-state index is 12.7. The molecule has 2 aromatic carbocycles. The molecule has 3 rings (SSSR count). The van der Waals surface area contributed by atoms with Gasteiger partial charge in [-0.25, -0.2) is 17.9 Å². The highest BCUT2D eigenvalue weighted by molar-refractivity contribution is 7.89. The van der Waals surface area contributed by atoms with Crippen molar-refractivity contribution in [3.05, 3.63) is 60.3 Å². The van der Waals surface area contributed by atoms with E-state index in [0.717, 1.165) is 16.5 Å². The van der Waals surface area contributed by atoms with Crippen molar-refractivity contribution in [2.75, 3.05) is 12.4 Å². The third-order valence-electron chi connectivity index (χ3n) is 4.28. The number of nitrogens with one attached hydrogen (secondary N) is 3. The number of rotatable bonds is 6. The van der Waals surface area contributed by atoms with E-state index < -0.39 is 22.2 Å². The summed E-state index contributed by atoms with van der Waals surface area (Å²) in [6.45, 7) is 1.91. The fourth-order valence-electron chi connectivity index (χ4n) is 2.90. The lowest BCUT2D eigenvalue weighted by Gasteiger charge is -2.17. The van der Waals surface area contributed by atoms with Crippen LogP contribution < -0.4 is 10.0 Å². The number of methoxy groups -OCH3 is 1. The summed E-state index contributed by atoms with van der Waals surface area (Å²) in [5.74, 6) is 0. The van der Waals surface area contributed by atoms with E-state index in [1.165, 1.54) is 7.11 Å². The van der Waals surface area contributed by atoms with Crippen molar-refractivity contribution in [3.63, 3.8) is 0 Å². The number of fused-ring (bicyclic) bond motifs is 1. The van der Waals surface area contributed by atoms with Crippen LogP contribution in [0.25, 0.3) is 10.9 Å². The van der Waals surface area contributed by atoms with Gasteiger partial charge in [0.05, 0.1) is 12.0 Å². The van der Waals surface area contributed by atoms with Crippen molar-refractivity contribution < 1.29 is 17.9 Å². The lowest BCUT2D eigenvalue weighted by molar-refractivity contribution is 0.187. The van der Waals surface area contributed by atoms with E-state index in [0.29, 0.717) is 12.1 Å². The minimum atomic E-state index is -3.65. The van der Waals surface area contributed by atoms with E-state index in [9.17, 15) is 13.2 Å². The van der Waals surface area contributed by atoms with Crippen LogP contribution in [0.15, 0.2) is 59.6 Å². The molecule has 0 aliphatic carbocycles. The highest BCUT2D eigenvalue weighted by Gasteiger charge is 2.22. The van der Waals surface area contributed by atoms with E-state index >= 15 is 0 Å². The first kappa shape index (κ1) is 18.9. The second kappa shape index (κ2) is 7.81. The number of anilines is 1. The molecule has 0 saturated heterocycles. The number of aromatic amines is 1. The average molecular weight is 387 g/mol. The molecule has 8 heteroatoms. The third kappa shape index (κ3) is 4.12. The van der Waals surface area contributed by atoms with Crippen LogP contribution in [0.4, 0.5) is 10.5 Å². The number of H-pyrrole nitrogens is 1. The van der Waals surface area contributed by atoms with Gasteiger partial charge in [0.2, 0.25) is 10.0 Å². The van der Waals surface area contributed by atoms with Gasteiger partial charge >= 0.3 is 6.09 Å². The van der Waals surface area contributed by atoms with Gasteiger partial charge in [0.15, 0.2) is 0 Å². The summed E-state index contributed by atoms with van der Waals surface area (Å²) in [7, 11) is -2.36. The fourth-order valence-corrected chi connectivity index (χ4v) is 4.22. The van der Waals surface area contributed by atoms with Gasteiger partial charge in [-0.2, -0.15) is 0 Å². The zero-order chi connectivity index (χ0) is 19.4. The molecule has 0 radical (unpaired) electrons. The molecule has 0 aliphatic heterocycles. The van der Waals surface area contributed by atoms with Crippen LogP contribution >= 0.6 is 0 Å². The van der Waals surface area contributed by atoms with Crippen molar-refractivity contribution in [2.45, 2.75) is 24.3 Å². The van der Waals surface area contributed by atoms with E-state index in [1.807, 2.05) is 13.0 Å². The van der Waals surface area contributed by atoms with Gasteiger partial charge in [-0.3, -0.25) is 5.32 Å². The molecule has 0 aliphatic rings. The second-order valence-electron chi connectivity index (χ2n) is 6.02. The Morgan fingerprint density at radius 3 is 2.59 bits per heavy atom. The summed E-state index contributed by atoms with van der Waals surface area (Å²) >= 11 is 0. The first-order valence-corrected chi connectivity index (χ1v) is 9.96. The first-order chi connectivity index (χ1) is 12.9. The van der Waals surface area contributed by atoms with Gasteiger partial charge in [-0.05, 0) is 42.3 Å². The number of ether oxygens (including phenoxy) is 1. The number of hydrogen-bond donors (Lipinski definition) is 3. The zero-order valence-electron chi connectivity index (χ0n) is 15.0. The maximum Gasteiger partial charge on any atom is 0.411 e. The number of benzene rings is 2. The van der Waals surface area contributed by atoms with Crippen LogP contribution in [0.1, 0.15) is 24.9 Å². The molecule has 1 unspecified atom stereocenters. The van der Waals surface area contributed by atoms with Gasteiger partial charge in [0.1, 0.15) is 0 Å². The number of amides is 1. The summed E-state index contributed by atoms with van der Waals surface area (Å²) in [6, 6.07) is 13.2. The number of sulfonamides is 1. The Morgan fingerprint density at radius 1 is 1.19 bits per heavy atom. The summed E-state index contributed by atoms with van der Waals surface area (Å²) < 4.78 is 32.8. The topological polar surface area (TPSA) is 100 Å². The van der Waals surface area contributed by atoms with Crippen LogP contribution in [0, 0.1) is 0 Å². The van der Waals surface area contributed by atoms with Crippen molar-refractivity contribution in [1.29, 1.82) is 0 Å². The highest BCUT2D eigenvalue weighted by atomic mass is 32.2. The monoisotopic (exact) mass is 387 g/mol. The Kier molecular flexibility index (Phi) is 5.48. The lowest BCUT2D eigenvalue weighted by Crippen LogP contribution is -2.28. The Bertz CT molecular complexity index is 1050.